The summed E-state index contributed by atoms with van der Waals surface area (Å²) in [6.07, 6.45) is 0.392. The van der Waals surface area contributed by atoms with E-state index in [9.17, 15) is 9.36 Å². The van der Waals surface area contributed by atoms with E-state index in [4.69, 9.17) is 9.79 Å². The predicted molar refractivity (Wildman–Crippen MR) is 58.0 cm³/mol. The standard InChI is InChI=1S/C9H17NO4P/c1-5-6-10(9(11)7(2)3)8(4)15(12,13)14/h8H,1-2,5-6H2,3-4H3,(H2,12,13,14). The van der Waals surface area contributed by atoms with Crippen LogP contribution in [0, 0.1) is 6.92 Å². The van der Waals surface area contributed by atoms with Gasteiger partial charge < -0.3 is 14.7 Å². The highest BCUT2D eigenvalue weighted by Gasteiger charge is 2.32. The molecular formula is C9H17NO4P. The van der Waals surface area contributed by atoms with E-state index in [1.165, 1.54) is 13.8 Å². The van der Waals surface area contributed by atoms with E-state index in [0.717, 1.165) is 4.90 Å². The van der Waals surface area contributed by atoms with Gasteiger partial charge in [-0.3, -0.25) is 9.36 Å². The van der Waals surface area contributed by atoms with E-state index in [2.05, 4.69) is 13.5 Å². The summed E-state index contributed by atoms with van der Waals surface area (Å²) in [7, 11) is -4.30. The van der Waals surface area contributed by atoms with Gasteiger partial charge in [0.05, 0.1) is 0 Å². The molecule has 2 N–H and O–H groups in total. The molecule has 87 valence electrons. The third kappa shape index (κ3) is 4.16. The summed E-state index contributed by atoms with van der Waals surface area (Å²) in [5, 5.41) is 0. The zero-order valence-electron chi connectivity index (χ0n) is 9.01. The predicted octanol–water partition coefficient (Wildman–Crippen LogP) is 1.14. The van der Waals surface area contributed by atoms with Crippen LogP contribution in [0.15, 0.2) is 12.2 Å². The van der Waals surface area contributed by atoms with E-state index >= 15 is 0 Å². The van der Waals surface area contributed by atoms with Gasteiger partial charge in [-0.1, -0.05) is 13.5 Å². The molecule has 0 aliphatic rings. The number of rotatable bonds is 5. The molecule has 0 fully saturated rings. The summed E-state index contributed by atoms with van der Waals surface area (Å²) in [4.78, 5) is 30.6. The number of hydrogen-bond donors (Lipinski definition) is 2. The fourth-order valence-corrected chi connectivity index (χ4v) is 1.64. The maximum Gasteiger partial charge on any atom is 0.347 e. The third-order valence-electron chi connectivity index (χ3n) is 1.96. The second-order valence-corrected chi connectivity index (χ2v) is 5.28. The van der Waals surface area contributed by atoms with Crippen LogP contribution in [-0.2, 0) is 9.36 Å². The highest BCUT2D eigenvalue weighted by atomic mass is 31.2. The van der Waals surface area contributed by atoms with Crippen LogP contribution in [0.5, 0.6) is 0 Å². The van der Waals surface area contributed by atoms with Gasteiger partial charge in [0, 0.05) is 12.1 Å². The summed E-state index contributed by atoms with van der Waals surface area (Å²) in [6, 6.07) is 0. The average molecular weight is 234 g/mol. The second-order valence-electron chi connectivity index (χ2n) is 3.35. The zero-order chi connectivity index (χ0) is 12.2. The SMILES string of the molecule is [CH2]CCN(C(=O)C(=C)C)C(C)P(=O)(O)O. The molecule has 0 heterocycles. The maximum atomic E-state index is 11.6. The quantitative estimate of drug-likeness (QED) is 0.552. The van der Waals surface area contributed by atoms with Gasteiger partial charge in [-0.25, -0.2) is 0 Å². The molecule has 6 heteroatoms. The van der Waals surface area contributed by atoms with Crippen molar-refractivity contribution in [2.45, 2.75) is 26.1 Å². The van der Waals surface area contributed by atoms with Gasteiger partial charge in [0.15, 0.2) is 0 Å². The first-order valence-corrected chi connectivity index (χ1v) is 6.21. The molecule has 1 atom stereocenters. The molecule has 0 aromatic carbocycles. The molecule has 0 saturated carbocycles. The fraction of sp³-hybridized carbons (Fsp3) is 0.556. The summed E-state index contributed by atoms with van der Waals surface area (Å²) >= 11 is 0. The first-order valence-electron chi connectivity index (χ1n) is 4.52. The van der Waals surface area contributed by atoms with E-state index in [0.29, 0.717) is 6.42 Å². The third-order valence-corrected chi connectivity index (χ3v) is 3.22. The zero-order valence-corrected chi connectivity index (χ0v) is 9.91. The van der Waals surface area contributed by atoms with Crippen molar-refractivity contribution >= 4 is 13.5 Å². The summed E-state index contributed by atoms with van der Waals surface area (Å²) < 4.78 is 11.0. The number of carbonyl (C=O) groups is 1. The van der Waals surface area contributed by atoms with Gasteiger partial charge >= 0.3 is 7.60 Å². The molecule has 5 nitrogen and oxygen atoms in total. The van der Waals surface area contributed by atoms with E-state index < -0.39 is 19.3 Å². The van der Waals surface area contributed by atoms with Crippen LogP contribution in [-0.4, -0.2) is 32.9 Å². The lowest BCUT2D eigenvalue weighted by molar-refractivity contribution is -0.127. The van der Waals surface area contributed by atoms with Crippen LogP contribution in [0.2, 0.25) is 0 Å². The molecule has 0 aromatic heterocycles. The number of amides is 1. The Bertz CT molecular complexity index is 296. The number of nitrogens with zero attached hydrogens (tertiary/aromatic N) is 1. The van der Waals surface area contributed by atoms with Crippen LogP contribution < -0.4 is 0 Å². The topological polar surface area (TPSA) is 77.8 Å². The van der Waals surface area contributed by atoms with E-state index in [1.807, 2.05) is 0 Å². The molecule has 0 bridgehead atoms. The van der Waals surface area contributed by atoms with Crippen LogP contribution in [0.25, 0.3) is 0 Å². The Kier molecular flexibility index (Phi) is 5.21. The van der Waals surface area contributed by atoms with Crippen molar-refractivity contribution in [3.05, 3.63) is 19.1 Å². The lowest BCUT2D eigenvalue weighted by Gasteiger charge is -2.29. The Balaban J connectivity index is 4.89. The Hall–Kier alpha value is -0.640. The molecule has 0 aromatic rings. The van der Waals surface area contributed by atoms with Gasteiger partial charge in [-0.2, -0.15) is 0 Å². The highest BCUT2D eigenvalue weighted by molar-refractivity contribution is 7.52. The molecule has 0 saturated heterocycles. The molecule has 1 radical (unpaired) electrons. The van der Waals surface area contributed by atoms with Crippen molar-refractivity contribution < 1.29 is 19.1 Å². The van der Waals surface area contributed by atoms with E-state index in [-0.39, 0.29) is 12.1 Å². The first-order chi connectivity index (χ1) is 6.71. The molecule has 0 aliphatic heterocycles. The molecule has 1 amide bonds. The molecule has 0 rings (SSSR count). The minimum absolute atomic E-state index is 0.206. The van der Waals surface area contributed by atoms with Gasteiger partial charge in [-0.15, -0.1) is 0 Å². The van der Waals surface area contributed by atoms with Crippen molar-refractivity contribution in [2.24, 2.45) is 0 Å². The first kappa shape index (κ1) is 14.4. The average Bonchev–Trinajstić information content (AvgIpc) is 2.10. The monoisotopic (exact) mass is 234 g/mol. The number of carbonyl (C=O) groups excluding carboxylic acids is 1. The lowest BCUT2D eigenvalue weighted by Crippen LogP contribution is -2.39. The van der Waals surface area contributed by atoms with Crippen molar-refractivity contribution in [3.63, 3.8) is 0 Å². The molecule has 0 aliphatic carbocycles. The van der Waals surface area contributed by atoms with Gasteiger partial charge in [-0.05, 0) is 20.3 Å². The largest absolute Gasteiger partial charge is 0.347 e. The van der Waals surface area contributed by atoms with Crippen molar-refractivity contribution in [1.82, 2.24) is 4.90 Å². The second kappa shape index (κ2) is 5.45. The highest BCUT2D eigenvalue weighted by Crippen LogP contribution is 2.42. The minimum Gasteiger partial charge on any atom is -0.325 e. The smallest absolute Gasteiger partial charge is 0.325 e. The van der Waals surface area contributed by atoms with Crippen LogP contribution in [0.4, 0.5) is 0 Å². The van der Waals surface area contributed by atoms with Crippen molar-refractivity contribution in [2.75, 3.05) is 6.54 Å². The van der Waals surface area contributed by atoms with Crippen molar-refractivity contribution in [3.8, 4) is 0 Å². The fourth-order valence-electron chi connectivity index (χ4n) is 1.06. The summed E-state index contributed by atoms with van der Waals surface area (Å²) in [5.74, 6) is -1.59. The molecule has 0 spiro atoms. The molecule has 1 unspecified atom stereocenters. The molecule has 15 heavy (non-hydrogen) atoms. The lowest BCUT2D eigenvalue weighted by atomic mass is 10.3. The Labute approximate surface area is 89.9 Å². The molecular weight excluding hydrogens is 217 g/mol. The Morgan fingerprint density at radius 2 is 2.00 bits per heavy atom. The van der Waals surface area contributed by atoms with Gasteiger partial charge in [0.2, 0.25) is 5.91 Å². The van der Waals surface area contributed by atoms with Crippen molar-refractivity contribution in [1.29, 1.82) is 0 Å². The normalized spacial score (nSPS) is 13.4. The van der Waals surface area contributed by atoms with Crippen LogP contribution in [0.1, 0.15) is 20.3 Å². The number of hydrogen-bond acceptors (Lipinski definition) is 2. The van der Waals surface area contributed by atoms with Gasteiger partial charge in [0.1, 0.15) is 5.78 Å². The summed E-state index contributed by atoms with van der Waals surface area (Å²) in [5.41, 5.74) is 0.253. The van der Waals surface area contributed by atoms with E-state index in [1.54, 1.807) is 0 Å². The van der Waals surface area contributed by atoms with Crippen LogP contribution >= 0.6 is 7.60 Å². The Morgan fingerprint density at radius 1 is 1.53 bits per heavy atom. The summed E-state index contributed by atoms with van der Waals surface area (Å²) in [6.45, 7) is 10.0. The van der Waals surface area contributed by atoms with Gasteiger partial charge in [0.25, 0.3) is 0 Å². The maximum absolute atomic E-state index is 11.6. The Morgan fingerprint density at radius 3 is 2.27 bits per heavy atom. The van der Waals surface area contributed by atoms with Crippen LogP contribution in [0.3, 0.4) is 0 Å². The minimum atomic E-state index is -4.30.